The summed E-state index contributed by atoms with van der Waals surface area (Å²) < 4.78 is 0. The number of anilines is 1. The number of rotatable bonds is 6. The van der Waals surface area contributed by atoms with E-state index in [9.17, 15) is 4.79 Å². The second-order valence-electron chi connectivity index (χ2n) is 5.98. The Labute approximate surface area is 182 Å². The second kappa shape index (κ2) is 9.56. The number of carbonyl (C=O) groups is 1. The highest BCUT2D eigenvalue weighted by Gasteiger charge is 2.15. The van der Waals surface area contributed by atoms with E-state index >= 15 is 0 Å². The van der Waals surface area contributed by atoms with Gasteiger partial charge in [0.1, 0.15) is 0 Å². The standard InChI is InChI=1S/C20H16Cl2N4O2S/c21-15-8-6-13(7-9-15)17(12-4-2-1-3-5-12)24-20(29)26-25-18-16(22)10-14(11-23-18)19(27)28/h1-11,17H,(H,23,25)(H,27,28)(H2,24,26,29). The minimum Gasteiger partial charge on any atom is -0.478 e. The molecule has 0 aliphatic heterocycles. The average Bonchev–Trinajstić information content (AvgIpc) is 2.72. The number of benzene rings is 2. The van der Waals surface area contributed by atoms with Gasteiger partial charge < -0.3 is 10.4 Å². The number of carboxylic acids is 1. The van der Waals surface area contributed by atoms with Crippen molar-refractivity contribution < 1.29 is 9.90 Å². The summed E-state index contributed by atoms with van der Waals surface area (Å²) in [4.78, 5) is 15.0. The molecule has 6 nitrogen and oxygen atoms in total. The molecule has 9 heteroatoms. The fourth-order valence-corrected chi connectivity index (χ4v) is 3.10. The maximum Gasteiger partial charge on any atom is 0.337 e. The van der Waals surface area contributed by atoms with Crippen molar-refractivity contribution in [3.05, 3.63) is 93.6 Å². The topological polar surface area (TPSA) is 86.3 Å². The lowest BCUT2D eigenvalue weighted by Gasteiger charge is -2.22. The Hall–Kier alpha value is -2.87. The number of hydrogen-bond donors (Lipinski definition) is 4. The van der Waals surface area contributed by atoms with Crippen molar-refractivity contribution in [1.29, 1.82) is 0 Å². The number of hydrazine groups is 1. The van der Waals surface area contributed by atoms with Crippen molar-refractivity contribution in [3.8, 4) is 0 Å². The van der Waals surface area contributed by atoms with Crippen molar-refractivity contribution in [1.82, 2.24) is 15.7 Å². The highest BCUT2D eigenvalue weighted by atomic mass is 35.5. The minimum absolute atomic E-state index is 0.00636. The van der Waals surface area contributed by atoms with E-state index in [0.717, 1.165) is 11.1 Å². The second-order valence-corrected chi connectivity index (χ2v) is 7.23. The summed E-state index contributed by atoms with van der Waals surface area (Å²) in [5.41, 5.74) is 7.59. The van der Waals surface area contributed by atoms with Gasteiger partial charge in [0.25, 0.3) is 0 Å². The number of nitrogens with one attached hydrogen (secondary N) is 3. The molecule has 1 aromatic heterocycles. The molecule has 1 atom stereocenters. The third kappa shape index (κ3) is 5.57. The van der Waals surface area contributed by atoms with E-state index in [1.54, 1.807) is 0 Å². The van der Waals surface area contributed by atoms with Gasteiger partial charge in [0, 0.05) is 11.2 Å². The van der Waals surface area contributed by atoms with Crippen LogP contribution in [0.2, 0.25) is 10.0 Å². The van der Waals surface area contributed by atoms with Crippen LogP contribution in [0.1, 0.15) is 27.5 Å². The molecule has 1 heterocycles. The van der Waals surface area contributed by atoms with E-state index in [4.69, 9.17) is 40.5 Å². The first kappa shape index (κ1) is 20.9. The smallest absolute Gasteiger partial charge is 0.337 e. The Morgan fingerprint density at radius 1 is 1.03 bits per heavy atom. The number of carboxylic acid groups (broad SMARTS) is 1. The summed E-state index contributed by atoms with van der Waals surface area (Å²) in [7, 11) is 0. The number of aromatic nitrogens is 1. The maximum absolute atomic E-state index is 11.0. The molecule has 0 aliphatic rings. The van der Waals surface area contributed by atoms with Crippen LogP contribution in [0.4, 0.5) is 5.82 Å². The molecule has 3 aromatic rings. The molecular weight excluding hydrogens is 431 g/mol. The predicted octanol–water partition coefficient (Wildman–Crippen LogP) is 4.67. The number of pyridine rings is 1. The van der Waals surface area contributed by atoms with Gasteiger partial charge in [-0.3, -0.25) is 10.9 Å². The third-order valence-electron chi connectivity index (χ3n) is 3.99. The molecule has 0 bridgehead atoms. The highest BCUT2D eigenvalue weighted by Crippen LogP contribution is 2.24. The molecule has 29 heavy (non-hydrogen) atoms. The van der Waals surface area contributed by atoms with Crippen LogP contribution >= 0.6 is 35.4 Å². The van der Waals surface area contributed by atoms with Crippen molar-refractivity contribution in [2.45, 2.75) is 6.04 Å². The lowest BCUT2D eigenvalue weighted by Crippen LogP contribution is -2.41. The van der Waals surface area contributed by atoms with Gasteiger partial charge >= 0.3 is 5.97 Å². The first-order chi connectivity index (χ1) is 13.9. The zero-order valence-corrected chi connectivity index (χ0v) is 17.2. The molecule has 0 fully saturated rings. The van der Waals surface area contributed by atoms with Crippen LogP contribution in [-0.2, 0) is 0 Å². The van der Waals surface area contributed by atoms with E-state index in [2.05, 4.69) is 21.2 Å². The number of hydrogen-bond acceptors (Lipinski definition) is 4. The molecule has 1 unspecified atom stereocenters. The Morgan fingerprint density at radius 3 is 2.31 bits per heavy atom. The Bertz CT molecular complexity index is 1020. The molecule has 148 valence electrons. The molecular formula is C20H16Cl2N4O2S. The van der Waals surface area contributed by atoms with E-state index in [1.807, 2.05) is 54.6 Å². The van der Waals surface area contributed by atoms with Crippen molar-refractivity contribution in [2.24, 2.45) is 0 Å². The van der Waals surface area contributed by atoms with Gasteiger partial charge in [0.15, 0.2) is 10.9 Å². The summed E-state index contributed by atoms with van der Waals surface area (Å²) in [6.45, 7) is 0. The lowest BCUT2D eigenvalue weighted by atomic mass is 9.99. The van der Waals surface area contributed by atoms with Gasteiger partial charge in [-0.1, -0.05) is 65.7 Å². The third-order valence-corrected chi connectivity index (χ3v) is 4.75. The van der Waals surface area contributed by atoms with Gasteiger partial charge in [-0.15, -0.1) is 0 Å². The quantitative estimate of drug-likeness (QED) is 0.323. The molecule has 4 N–H and O–H groups in total. The molecule has 0 aliphatic carbocycles. The van der Waals surface area contributed by atoms with Crippen molar-refractivity contribution >= 4 is 52.3 Å². The summed E-state index contributed by atoms with van der Waals surface area (Å²) in [5.74, 6) is -0.853. The molecule has 0 saturated carbocycles. The van der Waals surface area contributed by atoms with Gasteiger partial charge in [0.2, 0.25) is 0 Å². The van der Waals surface area contributed by atoms with Crippen LogP contribution in [0.3, 0.4) is 0 Å². The molecule has 0 saturated heterocycles. The van der Waals surface area contributed by atoms with Crippen molar-refractivity contribution in [3.63, 3.8) is 0 Å². The summed E-state index contributed by atoms with van der Waals surface area (Å²) in [6.07, 6.45) is 1.20. The van der Waals surface area contributed by atoms with Crippen molar-refractivity contribution in [2.75, 3.05) is 5.43 Å². The van der Waals surface area contributed by atoms with Gasteiger partial charge in [-0.05, 0) is 41.5 Å². The summed E-state index contributed by atoms with van der Waals surface area (Å²) >= 11 is 17.5. The van der Waals surface area contributed by atoms with Gasteiger partial charge in [-0.25, -0.2) is 9.78 Å². The Kier molecular flexibility index (Phi) is 6.87. The summed E-state index contributed by atoms with van der Waals surface area (Å²) in [5, 5.41) is 13.3. The SMILES string of the molecule is O=C(O)c1cnc(NNC(=S)NC(c2ccccc2)c2ccc(Cl)cc2)c(Cl)c1. The summed E-state index contributed by atoms with van der Waals surface area (Å²) in [6, 6.07) is 18.4. The predicted molar refractivity (Wildman–Crippen MR) is 118 cm³/mol. The molecule has 0 radical (unpaired) electrons. The van der Waals surface area contributed by atoms with Gasteiger partial charge in [-0.2, -0.15) is 0 Å². The zero-order valence-electron chi connectivity index (χ0n) is 14.9. The first-order valence-electron chi connectivity index (χ1n) is 8.46. The number of halogens is 2. The average molecular weight is 447 g/mol. The Balaban J connectivity index is 1.72. The lowest BCUT2D eigenvalue weighted by molar-refractivity contribution is 0.0696. The molecule has 0 spiro atoms. The number of thiocarbonyl (C=S) groups is 1. The van der Waals surface area contributed by atoms with E-state index in [1.165, 1.54) is 12.3 Å². The van der Waals surface area contributed by atoms with Crippen LogP contribution in [0.25, 0.3) is 0 Å². The number of nitrogens with zero attached hydrogens (tertiary/aromatic N) is 1. The minimum atomic E-state index is -1.11. The number of aromatic carboxylic acids is 1. The van der Waals surface area contributed by atoms with Crippen LogP contribution in [0.5, 0.6) is 0 Å². The van der Waals surface area contributed by atoms with E-state index in [-0.39, 0.29) is 22.4 Å². The van der Waals surface area contributed by atoms with Crippen LogP contribution < -0.4 is 16.2 Å². The van der Waals surface area contributed by atoms with Crippen LogP contribution in [-0.4, -0.2) is 21.2 Å². The van der Waals surface area contributed by atoms with Crippen LogP contribution in [0.15, 0.2) is 66.9 Å². The Morgan fingerprint density at radius 2 is 1.69 bits per heavy atom. The fourth-order valence-electron chi connectivity index (χ4n) is 2.59. The molecule has 3 rings (SSSR count). The molecule has 2 aromatic carbocycles. The normalized spacial score (nSPS) is 11.4. The highest BCUT2D eigenvalue weighted by molar-refractivity contribution is 7.80. The fraction of sp³-hybridized carbons (Fsp3) is 0.0500. The van der Waals surface area contributed by atoms with E-state index < -0.39 is 5.97 Å². The van der Waals surface area contributed by atoms with Crippen LogP contribution in [0, 0.1) is 0 Å². The van der Waals surface area contributed by atoms with Gasteiger partial charge in [0.05, 0.1) is 16.6 Å². The van der Waals surface area contributed by atoms with E-state index in [0.29, 0.717) is 10.1 Å². The monoisotopic (exact) mass is 446 g/mol. The largest absolute Gasteiger partial charge is 0.478 e. The zero-order chi connectivity index (χ0) is 20.8. The first-order valence-corrected chi connectivity index (χ1v) is 9.62. The molecule has 0 amide bonds. The maximum atomic E-state index is 11.0.